The Bertz CT molecular complexity index is 436. The molecule has 1 amide bonds. The summed E-state index contributed by atoms with van der Waals surface area (Å²) in [7, 11) is 0. The van der Waals surface area contributed by atoms with Crippen LogP contribution in [-0.2, 0) is 10.2 Å². The van der Waals surface area contributed by atoms with Gasteiger partial charge in [-0.1, -0.05) is 32.9 Å². The third-order valence-electron chi connectivity index (χ3n) is 2.88. The first-order valence-corrected chi connectivity index (χ1v) is 6.06. The first kappa shape index (κ1) is 14.7. The largest absolute Gasteiger partial charge is 0.382 e. The number of aliphatic hydroxyl groups is 1. The van der Waals surface area contributed by atoms with E-state index >= 15 is 0 Å². The van der Waals surface area contributed by atoms with E-state index in [1.54, 1.807) is 0 Å². The zero-order valence-corrected chi connectivity index (χ0v) is 11.4. The van der Waals surface area contributed by atoms with E-state index in [2.05, 4.69) is 26.1 Å². The average molecular weight is 250 g/mol. The number of hydrogen-bond acceptors (Lipinski definition) is 3. The molecule has 0 bridgehead atoms. The van der Waals surface area contributed by atoms with Crippen molar-refractivity contribution in [3.05, 3.63) is 29.3 Å². The minimum atomic E-state index is -1.16. The van der Waals surface area contributed by atoms with Crippen LogP contribution in [0.4, 0.5) is 5.69 Å². The van der Waals surface area contributed by atoms with Gasteiger partial charge in [0.25, 0.3) is 5.91 Å². The summed E-state index contributed by atoms with van der Waals surface area (Å²) in [5, 5.41) is 12.0. The quantitative estimate of drug-likeness (QED) is 0.762. The predicted molar refractivity (Wildman–Crippen MR) is 73.6 cm³/mol. The van der Waals surface area contributed by atoms with E-state index in [4.69, 9.17) is 5.73 Å². The molecule has 1 unspecified atom stereocenters. The van der Waals surface area contributed by atoms with E-state index in [0.717, 1.165) is 5.56 Å². The number of aryl methyl sites for hydroxylation is 1. The molecule has 1 aromatic rings. The van der Waals surface area contributed by atoms with Gasteiger partial charge in [-0.15, -0.1) is 0 Å². The molecule has 0 aliphatic rings. The average Bonchev–Trinajstić information content (AvgIpc) is 2.29. The van der Waals surface area contributed by atoms with Gasteiger partial charge in [-0.3, -0.25) is 4.79 Å². The Morgan fingerprint density at radius 2 is 2.06 bits per heavy atom. The number of nitrogens with one attached hydrogen (secondary N) is 1. The highest BCUT2D eigenvalue weighted by atomic mass is 16.3. The molecule has 4 N–H and O–H groups in total. The number of benzene rings is 1. The summed E-state index contributed by atoms with van der Waals surface area (Å²) < 4.78 is 0. The molecule has 1 atom stereocenters. The number of aliphatic hydroxyl groups excluding tert-OH is 1. The highest BCUT2D eigenvalue weighted by Gasteiger charge is 2.17. The van der Waals surface area contributed by atoms with Gasteiger partial charge in [0.15, 0.2) is 0 Å². The Kier molecular flexibility index (Phi) is 4.48. The summed E-state index contributed by atoms with van der Waals surface area (Å²) in [4.78, 5) is 11.5. The summed E-state index contributed by atoms with van der Waals surface area (Å²) >= 11 is 0. The summed E-state index contributed by atoms with van der Waals surface area (Å²) in [6.45, 7) is 8.26. The number of amides is 1. The monoisotopic (exact) mass is 250 g/mol. The molecule has 0 saturated heterocycles. The van der Waals surface area contributed by atoms with Crippen LogP contribution in [0.3, 0.4) is 0 Å². The molecule has 1 aromatic carbocycles. The van der Waals surface area contributed by atoms with Crippen LogP contribution < -0.4 is 11.1 Å². The zero-order chi connectivity index (χ0) is 13.9. The van der Waals surface area contributed by atoms with Crippen molar-refractivity contribution in [3.8, 4) is 0 Å². The molecule has 100 valence electrons. The molecule has 4 heteroatoms. The molecular weight excluding hydrogens is 228 g/mol. The Labute approximate surface area is 108 Å². The minimum Gasteiger partial charge on any atom is -0.382 e. The fourth-order valence-electron chi connectivity index (χ4n) is 1.59. The van der Waals surface area contributed by atoms with E-state index in [0.29, 0.717) is 5.69 Å². The maximum atomic E-state index is 11.5. The molecule has 0 heterocycles. The van der Waals surface area contributed by atoms with Crippen LogP contribution in [0.2, 0.25) is 0 Å². The van der Waals surface area contributed by atoms with Crippen LogP contribution in [0.1, 0.15) is 31.9 Å². The normalized spacial score (nSPS) is 13.2. The SMILES string of the molecule is Cc1cc(C(C)(C)C)ccc1NC(=O)C(O)CN. The lowest BCUT2D eigenvalue weighted by Gasteiger charge is -2.21. The lowest BCUT2D eigenvalue weighted by atomic mass is 9.86. The van der Waals surface area contributed by atoms with Gasteiger partial charge in [-0.05, 0) is 29.5 Å². The second-order valence-corrected chi connectivity index (χ2v) is 5.52. The lowest BCUT2D eigenvalue weighted by molar-refractivity contribution is -0.123. The maximum absolute atomic E-state index is 11.5. The van der Waals surface area contributed by atoms with E-state index in [-0.39, 0.29) is 12.0 Å². The number of anilines is 1. The van der Waals surface area contributed by atoms with Crippen LogP contribution in [0, 0.1) is 6.92 Å². The van der Waals surface area contributed by atoms with E-state index in [1.165, 1.54) is 5.56 Å². The van der Waals surface area contributed by atoms with Gasteiger partial charge in [0, 0.05) is 12.2 Å². The molecule has 0 saturated carbocycles. The highest BCUT2D eigenvalue weighted by molar-refractivity contribution is 5.94. The van der Waals surface area contributed by atoms with Gasteiger partial charge in [0.1, 0.15) is 6.10 Å². The summed E-state index contributed by atoms with van der Waals surface area (Å²) in [5.41, 5.74) is 8.20. The van der Waals surface area contributed by atoms with Crippen molar-refractivity contribution in [2.75, 3.05) is 11.9 Å². The molecule has 0 radical (unpaired) electrons. The van der Waals surface area contributed by atoms with Crippen LogP contribution in [-0.4, -0.2) is 23.7 Å². The minimum absolute atomic E-state index is 0.0735. The topological polar surface area (TPSA) is 75.3 Å². The van der Waals surface area contributed by atoms with E-state index in [1.807, 2.05) is 25.1 Å². The number of hydrogen-bond donors (Lipinski definition) is 3. The van der Waals surface area contributed by atoms with Crippen LogP contribution in [0.15, 0.2) is 18.2 Å². The molecular formula is C14H22N2O2. The van der Waals surface area contributed by atoms with Crippen LogP contribution in [0.25, 0.3) is 0 Å². The third-order valence-corrected chi connectivity index (χ3v) is 2.88. The van der Waals surface area contributed by atoms with Crippen LogP contribution >= 0.6 is 0 Å². The fraction of sp³-hybridized carbons (Fsp3) is 0.500. The fourth-order valence-corrected chi connectivity index (χ4v) is 1.59. The number of nitrogens with two attached hydrogens (primary N) is 1. The van der Waals surface area contributed by atoms with Crippen molar-refractivity contribution in [3.63, 3.8) is 0 Å². The first-order valence-electron chi connectivity index (χ1n) is 6.06. The van der Waals surface area contributed by atoms with Gasteiger partial charge in [0.2, 0.25) is 0 Å². The summed E-state index contributed by atoms with van der Waals surface area (Å²) in [6, 6.07) is 5.89. The molecule has 0 fully saturated rings. The van der Waals surface area contributed by atoms with Crippen LogP contribution in [0.5, 0.6) is 0 Å². The molecule has 18 heavy (non-hydrogen) atoms. The van der Waals surface area contributed by atoms with Gasteiger partial charge in [-0.2, -0.15) is 0 Å². The Morgan fingerprint density at radius 1 is 1.44 bits per heavy atom. The van der Waals surface area contributed by atoms with Crippen molar-refractivity contribution in [2.45, 2.75) is 39.2 Å². The van der Waals surface area contributed by atoms with Gasteiger partial charge < -0.3 is 16.2 Å². The third kappa shape index (κ3) is 3.55. The van der Waals surface area contributed by atoms with Crippen molar-refractivity contribution in [1.82, 2.24) is 0 Å². The van der Waals surface area contributed by atoms with Crippen molar-refractivity contribution >= 4 is 11.6 Å². The predicted octanol–water partition coefficient (Wildman–Crippen LogP) is 1.55. The lowest BCUT2D eigenvalue weighted by Crippen LogP contribution is -2.34. The zero-order valence-electron chi connectivity index (χ0n) is 11.4. The Balaban J connectivity index is 2.90. The van der Waals surface area contributed by atoms with Gasteiger partial charge in [-0.25, -0.2) is 0 Å². The molecule has 0 aliphatic carbocycles. The maximum Gasteiger partial charge on any atom is 0.254 e. The van der Waals surface area contributed by atoms with Gasteiger partial charge in [0.05, 0.1) is 0 Å². The number of rotatable bonds is 3. The van der Waals surface area contributed by atoms with E-state index < -0.39 is 12.0 Å². The summed E-state index contributed by atoms with van der Waals surface area (Å²) in [5.74, 6) is -0.468. The highest BCUT2D eigenvalue weighted by Crippen LogP contribution is 2.26. The molecule has 0 aliphatic heterocycles. The smallest absolute Gasteiger partial charge is 0.254 e. The van der Waals surface area contributed by atoms with Gasteiger partial charge >= 0.3 is 0 Å². The van der Waals surface area contributed by atoms with Crippen molar-refractivity contribution in [1.29, 1.82) is 0 Å². The number of carbonyl (C=O) groups is 1. The van der Waals surface area contributed by atoms with Crippen molar-refractivity contribution < 1.29 is 9.90 Å². The standard InChI is InChI=1S/C14H22N2O2/c1-9-7-10(14(2,3)4)5-6-11(9)16-13(18)12(17)8-15/h5-7,12,17H,8,15H2,1-4H3,(H,16,18). The Hall–Kier alpha value is -1.39. The molecule has 0 spiro atoms. The summed E-state index contributed by atoms with van der Waals surface area (Å²) in [6.07, 6.45) is -1.16. The number of carbonyl (C=O) groups excluding carboxylic acids is 1. The molecule has 4 nitrogen and oxygen atoms in total. The second-order valence-electron chi connectivity index (χ2n) is 5.52. The second kappa shape index (κ2) is 5.50. The van der Waals surface area contributed by atoms with Crippen molar-refractivity contribution in [2.24, 2.45) is 5.73 Å². The Morgan fingerprint density at radius 3 is 2.50 bits per heavy atom. The molecule has 0 aromatic heterocycles. The van der Waals surface area contributed by atoms with E-state index in [9.17, 15) is 9.90 Å². The first-order chi connectivity index (χ1) is 8.25. The molecule has 1 rings (SSSR count).